The van der Waals surface area contributed by atoms with E-state index >= 15 is 0 Å². The van der Waals surface area contributed by atoms with Gasteiger partial charge in [-0.15, -0.1) is 0 Å². The lowest BCUT2D eigenvalue weighted by molar-refractivity contribution is 0.303. The minimum absolute atomic E-state index is 0.0149. The van der Waals surface area contributed by atoms with Gasteiger partial charge in [0.05, 0.1) is 0 Å². The maximum absolute atomic E-state index is 6.13. The molecule has 1 aliphatic carbocycles. The van der Waals surface area contributed by atoms with Crippen LogP contribution in [0.1, 0.15) is 47.2 Å². The van der Waals surface area contributed by atoms with Crippen LogP contribution < -0.4 is 4.74 Å². The number of hydrogen-bond acceptors (Lipinski definition) is 1. The van der Waals surface area contributed by atoms with E-state index in [-0.39, 0.29) is 5.41 Å². The lowest BCUT2D eigenvalue weighted by atomic mass is 9.81. The average molecular weight is 354 g/mol. The van der Waals surface area contributed by atoms with Gasteiger partial charge in [0.25, 0.3) is 0 Å². The highest BCUT2D eigenvalue weighted by molar-refractivity contribution is 5.82. The molecule has 3 aromatic rings. The van der Waals surface area contributed by atoms with E-state index in [1.165, 1.54) is 44.5 Å². The van der Waals surface area contributed by atoms with E-state index in [1.807, 2.05) is 6.08 Å². The largest absolute Gasteiger partial charge is 0.489 e. The van der Waals surface area contributed by atoms with Gasteiger partial charge in [-0.2, -0.15) is 0 Å². The minimum atomic E-state index is -0.0149. The molecule has 0 unspecified atom stereocenters. The summed E-state index contributed by atoms with van der Waals surface area (Å²) in [6, 6.07) is 19.7. The van der Waals surface area contributed by atoms with Crippen LogP contribution in [-0.4, -0.2) is 0 Å². The molecule has 136 valence electrons. The van der Waals surface area contributed by atoms with E-state index < -0.39 is 0 Å². The van der Waals surface area contributed by atoms with Gasteiger partial charge in [0.1, 0.15) is 12.4 Å². The normalized spacial score (nSPS) is 13.8. The molecule has 0 spiro atoms. The molecular formula is C26H26O. The molecule has 0 saturated carbocycles. The van der Waals surface area contributed by atoms with Crippen LogP contribution in [0, 0.1) is 13.8 Å². The van der Waals surface area contributed by atoms with Gasteiger partial charge in [0, 0.05) is 5.41 Å². The second-order valence-corrected chi connectivity index (χ2v) is 8.07. The molecule has 0 saturated heterocycles. The van der Waals surface area contributed by atoms with E-state index in [1.54, 1.807) is 0 Å². The Morgan fingerprint density at radius 2 is 1.59 bits per heavy atom. The summed E-state index contributed by atoms with van der Waals surface area (Å²) in [5, 5.41) is 0. The van der Waals surface area contributed by atoms with Gasteiger partial charge < -0.3 is 4.74 Å². The quantitative estimate of drug-likeness (QED) is 0.499. The van der Waals surface area contributed by atoms with Gasteiger partial charge in [0.15, 0.2) is 0 Å². The SMILES string of the molecule is C=Cc1ccc2c(c1)C(C)(C)c1cc(COc3cc(C)ccc3C)ccc1-2. The third-order valence-corrected chi connectivity index (χ3v) is 5.74. The molecular weight excluding hydrogens is 328 g/mol. The molecule has 3 aromatic carbocycles. The van der Waals surface area contributed by atoms with Crippen molar-refractivity contribution in [1.82, 2.24) is 0 Å². The fraction of sp³-hybridized carbons (Fsp3) is 0.231. The van der Waals surface area contributed by atoms with Crippen LogP contribution in [0.4, 0.5) is 0 Å². The molecule has 1 aliphatic rings. The van der Waals surface area contributed by atoms with Gasteiger partial charge in [-0.1, -0.05) is 75.0 Å². The summed E-state index contributed by atoms with van der Waals surface area (Å²) in [5.74, 6) is 0.966. The Hall–Kier alpha value is -2.80. The maximum Gasteiger partial charge on any atom is 0.122 e. The molecule has 27 heavy (non-hydrogen) atoms. The third kappa shape index (κ3) is 2.98. The maximum atomic E-state index is 6.13. The second-order valence-electron chi connectivity index (χ2n) is 8.07. The zero-order chi connectivity index (χ0) is 19.2. The molecule has 0 aliphatic heterocycles. The summed E-state index contributed by atoms with van der Waals surface area (Å²) < 4.78 is 6.13. The highest BCUT2D eigenvalue weighted by Crippen LogP contribution is 2.49. The summed E-state index contributed by atoms with van der Waals surface area (Å²) in [4.78, 5) is 0. The highest BCUT2D eigenvalue weighted by Gasteiger charge is 2.35. The van der Waals surface area contributed by atoms with Crippen molar-refractivity contribution in [3.05, 3.63) is 94.6 Å². The van der Waals surface area contributed by atoms with Crippen molar-refractivity contribution < 1.29 is 4.74 Å². The molecule has 4 rings (SSSR count). The van der Waals surface area contributed by atoms with Crippen LogP contribution in [0.2, 0.25) is 0 Å². The van der Waals surface area contributed by atoms with Crippen molar-refractivity contribution in [3.63, 3.8) is 0 Å². The van der Waals surface area contributed by atoms with E-state index in [2.05, 4.69) is 88.9 Å². The highest BCUT2D eigenvalue weighted by atomic mass is 16.5. The Kier molecular flexibility index (Phi) is 4.19. The number of rotatable bonds is 4. The Bertz CT molecular complexity index is 1040. The smallest absolute Gasteiger partial charge is 0.122 e. The van der Waals surface area contributed by atoms with Gasteiger partial charge in [-0.3, -0.25) is 0 Å². The number of hydrogen-bond donors (Lipinski definition) is 0. The molecule has 0 aromatic heterocycles. The average Bonchev–Trinajstić information content (AvgIpc) is 2.89. The number of fused-ring (bicyclic) bond motifs is 3. The molecule has 1 nitrogen and oxygen atoms in total. The van der Waals surface area contributed by atoms with Crippen LogP contribution in [0.15, 0.2) is 61.2 Å². The van der Waals surface area contributed by atoms with Crippen LogP contribution >= 0.6 is 0 Å². The van der Waals surface area contributed by atoms with Gasteiger partial charge >= 0.3 is 0 Å². The molecule has 0 heterocycles. The molecule has 0 atom stereocenters. The van der Waals surface area contributed by atoms with E-state index in [9.17, 15) is 0 Å². The fourth-order valence-corrected chi connectivity index (χ4v) is 4.04. The molecule has 0 radical (unpaired) electrons. The van der Waals surface area contributed by atoms with Crippen molar-refractivity contribution in [1.29, 1.82) is 0 Å². The fourth-order valence-electron chi connectivity index (χ4n) is 4.04. The minimum Gasteiger partial charge on any atom is -0.489 e. The van der Waals surface area contributed by atoms with Crippen LogP contribution in [0.5, 0.6) is 5.75 Å². The lowest BCUT2D eigenvalue weighted by Crippen LogP contribution is -2.15. The van der Waals surface area contributed by atoms with Gasteiger partial charge in [-0.25, -0.2) is 0 Å². The van der Waals surface area contributed by atoms with E-state index in [0.29, 0.717) is 6.61 Å². The predicted octanol–water partition coefficient (Wildman–Crippen LogP) is 6.83. The topological polar surface area (TPSA) is 9.23 Å². The monoisotopic (exact) mass is 354 g/mol. The first kappa shape index (κ1) is 17.6. The summed E-state index contributed by atoms with van der Waals surface area (Å²) in [5.41, 5.74) is 10.2. The Morgan fingerprint density at radius 1 is 0.889 bits per heavy atom. The predicted molar refractivity (Wildman–Crippen MR) is 114 cm³/mol. The van der Waals surface area contributed by atoms with Gasteiger partial charge in [-0.05, 0) is 64.4 Å². The van der Waals surface area contributed by atoms with Crippen molar-refractivity contribution in [2.24, 2.45) is 0 Å². The number of ether oxygens (including phenoxy) is 1. The molecule has 0 N–H and O–H groups in total. The zero-order valence-corrected chi connectivity index (χ0v) is 16.6. The van der Waals surface area contributed by atoms with E-state index in [4.69, 9.17) is 4.74 Å². The van der Waals surface area contributed by atoms with Crippen molar-refractivity contribution in [3.8, 4) is 16.9 Å². The third-order valence-electron chi connectivity index (χ3n) is 5.74. The lowest BCUT2D eigenvalue weighted by Gasteiger charge is -2.22. The summed E-state index contributed by atoms with van der Waals surface area (Å²) >= 11 is 0. The first-order chi connectivity index (χ1) is 12.9. The Morgan fingerprint density at radius 3 is 2.33 bits per heavy atom. The molecule has 0 bridgehead atoms. The first-order valence-corrected chi connectivity index (χ1v) is 9.51. The Labute approximate surface area is 162 Å². The summed E-state index contributed by atoms with van der Waals surface area (Å²) in [6.45, 7) is 13.3. The molecule has 0 fully saturated rings. The Balaban J connectivity index is 1.66. The van der Waals surface area contributed by atoms with E-state index in [0.717, 1.165) is 5.75 Å². The number of aryl methyl sites for hydroxylation is 2. The zero-order valence-electron chi connectivity index (χ0n) is 16.6. The summed E-state index contributed by atoms with van der Waals surface area (Å²) in [7, 11) is 0. The van der Waals surface area contributed by atoms with Crippen molar-refractivity contribution >= 4 is 6.08 Å². The standard InChI is InChI=1S/C26H26O/c1-6-19-9-11-21-22-12-10-20(15-24(22)26(4,5)23(21)14-19)16-27-25-13-17(2)7-8-18(25)3/h6-15H,1,16H2,2-5H3. The first-order valence-electron chi connectivity index (χ1n) is 9.51. The number of benzene rings is 3. The molecule has 0 amide bonds. The summed E-state index contributed by atoms with van der Waals surface area (Å²) in [6.07, 6.45) is 1.92. The second kappa shape index (κ2) is 6.42. The van der Waals surface area contributed by atoms with Gasteiger partial charge in [0.2, 0.25) is 0 Å². The molecule has 1 heteroatoms. The van der Waals surface area contributed by atoms with Crippen LogP contribution in [0.25, 0.3) is 17.2 Å². The van der Waals surface area contributed by atoms with Crippen molar-refractivity contribution in [2.45, 2.75) is 39.7 Å². The van der Waals surface area contributed by atoms with Crippen LogP contribution in [-0.2, 0) is 12.0 Å². The van der Waals surface area contributed by atoms with Crippen molar-refractivity contribution in [2.75, 3.05) is 0 Å². The van der Waals surface area contributed by atoms with Crippen LogP contribution in [0.3, 0.4) is 0 Å².